The molecular formula is C12H11N3O9S3. The molecule has 0 saturated carbocycles. The highest BCUT2D eigenvalue weighted by atomic mass is 32.2. The number of rotatable bonds is 5. The minimum atomic E-state index is -4.82. The Balaban J connectivity index is 2.62. The van der Waals surface area contributed by atoms with Crippen LogP contribution in [-0.2, 0) is 30.4 Å². The van der Waals surface area contributed by atoms with E-state index in [0.717, 1.165) is 18.2 Å². The second-order valence-corrected chi connectivity index (χ2v) is 9.18. The van der Waals surface area contributed by atoms with Gasteiger partial charge < -0.3 is 5.73 Å². The second-order valence-electron chi connectivity index (χ2n) is 4.98. The van der Waals surface area contributed by atoms with Crippen LogP contribution in [0.2, 0.25) is 0 Å². The van der Waals surface area contributed by atoms with E-state index in [9.17, 15) is 29.8 Å². The molecule has 15 heteroatoms. The monoisotopic (exact) mass is 437 g/mol. The van der Waals surface area contributed by atoms with Crippen molar-refractivity contribution >= 4 is 47.4 Å². The SMILES string of the molecule is Nc1ccc(N=Nc2cc(S(=O)(=O)O)ccc2S(=O)(=O)O)cc1S(=O)(=O)O. The van der Waals surface area contributed by atoms with Crippen molar-refractivity contribution in [1.29, 1.82) is 0 Å². The van der Waals surface area contributed by atoms with Crippen LogP contribution in [0.1, 0.15) is 0 Å². The molecule has 0 unspecified atom stereocenters. The first-order valence-electron chi connectivity index (χ1n) is 6.57. The maximum Gasteiger partial charge on any atom is 0.296 e. The molecule has 5 N–H and O–H groups in total. The molecule has 0 aliphatic rings. The Hall–Kier alpha value is -2.43. The molecule has 0 fully saturated rings. The van der Waals surface area contributed by atoms with Crippen LogP contribution < -0.4 is 5.73 Å². The molecule has 2 aromatic carbocycles. The van der Waals surface area contributed by atoms with E-state index in [2.05, 4.69) is 10.2 Å². The summed E-state index contributed by atoms with van der Waals surface area (Å²) in [4.78, 5) is -2.22. The van der Waals surface area contributed by atoms with E-state index in [-0.39, 0.29) is 11.4 Å². The minimum absolute atomic E-state index is 0.199. The number of benzene rings is 2. The van der Waals surface area contributed by atoms with Gasteiger partial charge in [-0.1, -0.05) is 0 Å². The van der Waals surface area contributed by atoms with Gasteiger partial charge in [-0.25, -0.2) is 0 Å². The number of hydrogen-bond acceptors (Lipinski definition) is 9. The Bertz CT molecular complexity index is 1250. The van der Waals surface area contributed by atoms with E-state index in [0.29, 0.717) is 12.1 Å². The standard InChI is InChI=1S/C12H11N3O9S3/c13-9-3-1-7(5-12(9)27(22,23)24)14-15-10-6-8(25(16,17)18)2-4-11(10)26(19,20)21/h1-6H,13H2,(H,16,17,18)(H,19,20,21)(H,22,23,24). The molecule has 0 amide bonds. The molecule has 0 aromatic heterocycles. The first-order chi connectivity index (χ1) is 12.2. The van der Waals surface area contributed by atoms with Crippen molar-refractivity contribution in [3.8, 4) is 0 Å². The first kappa shape index (κ1) is 20.9. The quantitative estimate of drug-likeness (QED) is 0.300. The van der Waals surface area contributed by atoms with Crippen LogP contribution in [-0.4, -0.2) is 38.9 Å². The van der Waals surface area contributed by atoms with E-state index < -0.39 is 50.7 Å². The number of azo groups is 1. The smallest absolute Gasteiger partial charge is 0.296 e. The molecule has 2 rings (SSSR count). The summed E-state index contributed by atoms with van der Waals surface area (Å²) in [6, 6.07) is 5.11. The van der Waals surface area contributed by atoms with Gasteiger partial charge in [0.1, 0.15) is 15.5 Å². The summed E-state index contributed by atoms with van der Waals surface area (Å²) in [6.07, 6.45) is 0. The van der Waals surface area contributed by atoms with Gasteiger partial charge in [-0.2, -0.15) is 30.4 Å². The van der Waals surface area contributed by atoms with E-state index in [1.54, 1.807) is 0 Å². The minimum Gasteiger partial charge on any atom is -0.398 e. The predicted molar refractivity (Wildman–Crippen MR) is 90.9 cm³/mol. The largest absolute Gasteiger partial charge is 0.398 e. The maximum absolute atomic E-state index is 11.4. The van der Waals surface area contributed by atoms with Gasteiger partial charge in [0.15, 0.2) is 0 Å². The summed E-state index contributed by atoms with van der Waals surface area (Å²) in [7, 11) is -14.2. The van der Waals surface area contributed by atoms with Crippen molar-refractivity contribution < 1.29 is 38.9 Å². The predicted octanol–water partition coefficient (Wildman–Crippen LogP) is 1.42. The number of nitrogens with zero attached hydrogens (tertiary/aromatic N) is 2. The molecule has 0 saturated heterocycles. The molecule has 0 heterocycles. The molecular weight excluding hydrogens is 426 g/mol. The number of nitrogen functional groups attached to an aromatic ring is 1. The molecule has 0 aliphatic carbocycles. The topological polar surface area (TPSA) is 214 Å². The van der Waals surface area contributed by atoms with Crippen molar-refractivity contribution in [3.63, 3.8) is 0 Å². The Morgan fingerprint density at radius 1 is 0.704 bits per heavy atom. The van der Waals surface area contributed by atoms with Crippen molar-refractivity contribution in [2.75, 3.05) is 5.73 Å². The van der Waals surface area contributed by atoms with Gasteiger partial charge in [0.25, 0.3) is 30.4 Å². The van der Waals surface area contributed by atoms with Crippen molar-refractivity contribution in [3.05, 3.63) is 36.4 Å². The highest BCUT2D eigenvalue weighted by molar-refractivity contribution is 7.86. The van der Waals surface area contributed by atoms with Crippen LogP contribution in [0.5, 0.6) is 0 Å². The van der Waals surface area contributed by atoms with Crippen LogP contribution in [0.15, 0.2) is 61.3 Å². The summed E-state index contributed by atoms with van der Waals surface area (Å²) in [5.41, 5.74) is 4.27. The molecule has 0 atom stereocenters. The number of anilines is 1. The molecule has 146 valence electrons. The number of hydrogen-bond donors (Lipinski definition) is 4. The van der Waals surface area contributed by atoms with Crippen molar-refractivity contribution in [2.24, 2.45) is 10.2 Å². The van der Waals surface area contributed by atoms with Crippen LogP contribution >= 0.6 is 0 Å². The lowest BCUT2D eigenvalue weighted by Gasteiger charge is -2.05. The molecule has 0 spiro atoms. The van der Waals surface area contributed by atoms with E-state index in [4.69, 9.17) is 14.8 Å². The van der Waals surface area contributed by atoms with Crippen LogP contribution in [0.3, 0.4) is 0 Å². The average molecular weight is 437 g/mol. The summed E-state index contributed by atoms with van der Waals surface area (Å²) >= 11 is 0. The van der Waals surface area contributed by atoms with E-state index in [1.165, 1.54) is 6.07 Å². The van der Waals surface area contributed by atoms with E-state index >= 15 is 0 Å². The Labute approximate surface area is 153 Å². The van der Waals surface area contributed by atoms with Gasteiger partial charge in [0, 0.05) is 0 Å². The lowest BCUT2D eigenvalue weighted by Crippen LogP contribution is -2.02. The Morgan fingerprint density at radius 2 is 1.30 bits per heavy atom. The lowest BCUT2D eigenvalue weighted by molar-refractivity contribution is 0.478. The highest BCUT2D eigenvalue weighted by Gasteiger charge is 2.20. The molecule has 12 nitrogen and oxygen atoms in total. The highest BCUT2D eigenvalue weighted by Crippen LogP contribution is 2.30. The van der Waals surface area contributed by atoms with Crippen LogP contribution in [0, 0.1) is 0 Å². The third-order valence-electron chi connectivity index (χ3n) is 3.05. The molecule has 27 heavy (non-hydrogen) atoms. The van der Waals surface area contributed by atoms with Crippen molar-refractivity contribution in [2.45, 2.75) is 14.7 Å². The summed E-state index contributed by atoms with van der Waals surface area (Å²) < 4.78 is 94.8. The third kappa shape index (κ3) is 5.06. The molecule has 2 aromatic rings. The molecule has 0 radical (unpaired) electrons. The van der Waals surface area contributed by atoms with Gasteiger partial charge in [-0.3, -0.25) is 13.7 Å². The van der Waals surface area contributed by atoms with Crippen molar-refractivity contribution in [1.82, 2.24) is 0 Å². The van der Waals surface area contributed by atoms with Gasteiger partial charge in [0.05, 0.1) is 16.3 Å². The zero-order valence-corrected chi connectivity index (χ0v) is 15.4. The fourth-order valence-electron chi connectivity index (χ4n) is 1.87. The zero-order valence-electron chi connectivity index (χ0n) is 13.0. The molecule has 0 aliphatic heterocycles. The average Bonchev–Trinajstić information content (AvgIpc) is 2.51. The summed E-state index contributed by atoms with van der Waals surface area (Å²) in [6.45, 7) is 0. The lowest BCUT2D eigenvalue weighted by atomic mass is 10.3. The second kappa shape index (κ2) is 6.95. The first-order valence-corrected chi connectivity index (χ1v) is 10.9. The normalized spacial score (nSPS) is 13.1. The van der Waals surface area contributed by atoms with Crippen LogP contribution in [0.25, 0.3) is 0 Å². The Kier molecular flexibility index (Phi) is 5.37. The molecule has 0 bridgehead atoms. The van der Waals surface area contributed by atoms with Gasteiger partial charge in [-0.05, 0) is 36.4 Å². The fourth-order valence-corrected chi connectivity index (χ4v) is 3.61. The van der Waals surface area contributed by atoms with Gasteiger partial charge in [-0.15, -0.1) is 5.11 Å². The fraction of sp³-hybridized carbons (Fsp3) is 0. The number of nitrogens with two attached hydrogens (primary N) is 1. The summed E-state index contributed by atoms with van der Waals surface area (Å²) in [5.74, 6) is 0. The van der Waals surface area contributed by atoms with Gasteiger partial charge in [0.2, 0.25) is 0 Å². The van der Waals surface area contributed by atoms with Crippen LogP contribution in [0.4, 0.5) is 17.1 Å². The van der Waals surface area contributed by atoms with Gasteiger partial charge >= 0.3 is 0 Å². The maximum atomic E-state index is 11.4. The Morgan fingerprint density at radius 3 is 1.81 bits per heavy atom. The zero-order chi connectivity index (χ0) is 20.6. The third-order valence-corrected chi connectivity index (χ3v) is 5.71. The van der Waals surface area contributed by atoms with E-state index in [1.807, 2.05) is 0 Å². The summed E-state index contributed by atoms with van der Waals surface area (Å²) in [5, 5.41) is 6.99.